The summed E-state index contributed by atoms with van der Waals surface area (Å²) in [6, 6.07) is 5.26. The lowest BCUT2D eigenvalue weighted by Gasteiger charge is -2.07. The molecule has 110 valence electrons. The molecule has 0 unspecified atom stereocenters. The second-order valence-corrected chi connectivity index (χ2v) is 4.55. The number of nitrogens with one attached hydrogen (secondary N) is 3. The average Bonchev–Trinajstić information content (AvgIpc) is 2.76. The summed E-state index contributed by atoms with van der Waals surface area (Å²) in [5.41, 5.74) is 2.16. The molecule has 0 bridgehead atoms. The minimum absolute atomic E-state index is 0.165. The van der Waals surface area contributed by atoms with Crippen molar-refractivity contribution in [1.29, 1.82) is 0 Å². The molecule has 0 atom stereocenters. The van der Waals surface area contributed by atoms with Crippen LogP contribution in [0.2, 0.25) is 0 Å². The molecule has 0 aliphatic heterocycles. The van der Waals surface area contributed by atoms with Gasteiger partial charge in [-0.05, 0) is 32.0 Å². The topological polar surface area (TPSA) is 86.9 Å². The van der Waals surface area contributed by atoms with Gasteiger partial charge in [-0.3, -0.25) is 14.7 Å². The quantitative estimate of drug-likeness (QED) is 0.798. The highest BCUT2D eigenvalue weighted by atomic mass is 19.1. The number of hydrogen-bond acceptors (Lipinski definition) is 3. The van der Waals surface area contributed by atoms with Crippen LogP contribution in [0.15, 0.2) is 24.3 Å². The predicted molar refractivity (Wildman–Crippen MR) is 75.4 cm³/mol. The molecule has 1 aromatic carbocycles. The van der Waals surface area contributed by atoms with Gasteiger partial charge in [0.2, 0.25) is 5.91 Å². The maximum Gasteiger partial charge on any atom is 0.251 e. The predicted octanol–water partition coefficient (Wildman–Crippen LogP) is 1.53. The number of amides is 2. The smallest absolute Gasteiger partial charge is 0.251 e. The second-order valence-electron chi connectivity index (χ2n) is 4.55. The van der Waals surface area contributed by atoms with Gasteiger partial charge in [-0.15, -0.1) is 0 Å². The third-order valence-electron chi connectivity index (χ3n) is 2.89. The van der Waals surface area contributed by atoms with Crippen LogP contribution in [0.4, 0.5) is 10.1 Å². The minimum atomic E-state index is -0.509. The first kappa shape index (κ1) is 14.7. The number of carbonyl (C=O) groups is 2. The molecular formula is C14H15FN4O2. The molecule has 0 aliphatic carbocycles. The number of aromatic nitrogens is 2. The molecule has 7 heteroatoms. The highest BCUT2D eigenvalue weighted by Gasteiger charge is 2.12. The Kier molecular flexibility index (Phi) is 4.32. The van der Waals surface area contributed by atoms with Crippen LogP contribution >= 0.6 is 0 Å². The van der Waals surface area contributed by atoms with Crippen molar-refractivity contribution in [2.24, 2.45) is 0 Å². The SMILES string of the molecule is Cc1n[nH]c(C)c1NC(=O)CNC(=O)c1cccc(F)c1. The Morgan fingerprint density at radius 1 is 1.33 bits per heavy atom. The number of aromatic amines is 1. The summed E-state index contributed by atoms with van der Waals surface area (Å²) in [6.45, 7) is 3.32. The monoisotopic (exact) mass is 290 g/mol. The molecule has 0 fully saturated rings. The largest absolute Gasteiger partial charge is 0.343 e. The molecule has 0 radical (unpaired) electrons. The van der Waals surface area contributed by atoms with Crippen LogP contribution in [0.25, 0.3) is 0 Å². The van der Waals surface area contributed by atoms with Gasteiger partial charge in [0, 0.05) is 5.56 Å². The fourth-order valence-corrected chi connectivity index (χ4v) is 1.81. The zero-order valence-electron chi connectivity index (χ0n) is 11.7. The van der Waals surface area contributed by atoms with Crippen molar-refractivity contribution in [3.8, 4) is 0 Å². The van der Waals surface area contributed by atoms with Crippen LogP contribution in [-0.4, -0.2) is 28.6 Å². The minimum Gasteiger partial charge on any atom is -0.343 e. The van der Waals surface area contributed by atoms with Crippen LogP contribution in [0.5, 0.6) is 0 Å². The fourth-order valence-electron chi connectivity index (χ4n) is 1.81. The van der Waals surface area contributed by atoms with Crippen LogP contribution in [0.3, 0.4) is 0 Å². The van der Waals surface area contributed by atoms with E-state index >= 15 is 0 Å². The molecule has 2 amide bonds. The van der Waals surface area contributed by atoms with Crippen LogP contribution < -0.4 is 10.6 Å². The summed E-state index contributed by atoms with van der Waals surface area (Å²) in [4.78, 5) is 23.5. The number of H-pyrrole nitrogens is 1. The van der Waals surface area contributed by atoms with Crippen LogP contribution in [0, 0.1) is 19.7 Å². The molecule has 0 aliphatic rings. The Balaban J connectivity index is 1.91. The molecule has 1 aromatic heterocycles. The van der Waals surface area contributed by atoms with Crippen molar-refractivity contribution in [2.45, 2.75) is 13.8 Å². The van der Waals surface area contributed by atoms with E-state index < -0.39 is 11.7 Å². The zero-order valence-corrected chi connectivity index (χ0v) is 11.7. The van der Waals surface area contributed by atoms with Gasteiger partial charge in [-0.25, -0.2) is 4.39 Å². The molecule has 6 nitrogen and oxygen atoms in total. The Morgan fingerprint density at radius 3 is 2.71 bits per heavy atom. The number of hydrogen-bond donors (Lipinski definition) is 3. The Hall–Kier alpha value is -2.70. The van der Waals surface area contributed by atoms with Crippen molar-refractivity contribution >= 4 is 17.5 Å². The van der Waals surface area contributed by atoms with Gasteiger partial charge >= 0.3 is 0 Å². The van der Waals surface area contributed by atoms with Gasteiger partial charge in [-0.2, -0.15) is 5.10 Å². The lowest BCUT2D eigenvalue weighted by atomic mass is 10.2. The van der Waals surface area contributed by atoms with E-state index in [0.29, 0.717) is 11.4 Å². The first-order valence-corrected chi connectivity index (χ1v) is 6.32. The van der Waals surface area contributed by atoms with Gasteiger partial charge in [0.25, 0.3) is 5.91 Å². The van der Waals surface area contributed by atoms with Gasteiger partial charge in [-0.1, -0.05) is 6.07 Å². The van der Waals surface area contributed by atoms with Crippen molar-refractivity contribution in [2.75, 3.05) is 11.9 Å². The van der Waals surface area contributed by atoms with Gasteiger partial charge in [0.1, 0.15) is 5.82 Å². The number of nitrogens with zero attached hydrogens (tertiary/aromatic N) is 1. The summed E-state index contributed by atoms with van der Waals surface area (Å²) in [7, 11) is 0. The molecule has 21 heavy (non-hydrogen) atoms. The fraction of sp³-hybridized carbons (Fsp3) is 0.214. The third kappa shape index (κ3) is 3.65. The Morgan fingerprint density at radius 2 is 2.10 bits per heavy atom. The first-order valence-electron chi connectivity index (χ1n) is 6.32. The van der Waals surface area contributed by atoms with Gasteiger partial charge in [0.15, 0.2) is 0 Å². The van der Waals surface area contributed by atoms with Crippen molar-refractivity contribution in [3.63, 3.8) is 0 Å². The van der Waals surface area contributed by atoms with E-state index in [2.05, 4.69) is 20.8 Å². The number of anilines is 1. The summed E-state index contributed by atoms with van der Waals surface area (Å²) >= 11 is 0. The molecule has 1 heterocycles. The number of rotatable bonds is 4. The highest BCUT2D eigenvalue weighted by molar-refractivity contribution is 5.99. The molecular weight excluding hydrogens is 275 g/mol. The van der Waals surface area contributed by atoms with E-state index in [0.717, 1.165) is 11.8 Å². The number of carbonyl (C=O) groups excluding carboxylic acids is 2. The number of halogens is 1. The van der Waals surface area contributed by atoms with E-state index in [9.17, 15) is 14.0 Å². The van der Waals surface area contributed by atoms with Crippen molar-refractivity contribution in [3.05, 3.63) is 47.0 Å². The second kappa shape index (κ2) is 6.17. The Labute approximate surface area is 120 Å². The van der Waals surface area contributed by atoms with E-state index in [-0.39, 0.29) is 18.0 Å². The van der Waals surface area contributed by atoms with Crippen LogP contribution in [0.1, 0.15) is 21.7 Å². The van der Waals surface area contributed by atoms with E-state index in [1.807, 2.05) is 0 Å². The molecule has 0 saturated carbocycles. The summed E-state index contributed by atoms with van der Waals surface area (Å²) in [5.74, 6) is -1.39. The summed E-state index contributed by atoms with van der Waals surface area (Å²) in [5, 5.41) is 11.8. The van der Waals surface area contributed by atoms with E-state index in [1.54, 1.807) is 13.8 Å². The summed E-state index contributed by atoms with van der Waals surface area (Å²) in [6.07, 6.45) is 0. The lowest BCUT2D eigenvalue weighted by Crippen LogP contribution is -2.33. The molecule has 2 rings (SSSR count). The summed E-state index contributed by atoms with van der Waals surface area (Å²) < 4.78 is 13.0. The molecule has 0 saturated heterocycles. The standard InChI is InChI=1S/C14H15FN4O2/c1-8-13(9(2)19-18-8)17-12(20)7-16-14(21)10-4-3-5-11(15)6-10/h3-6H,7H2,1-2H3,(H,16,21)(H,17,20)(H,18,19). The Bertz CT molecular complexity index is 662. The third-order valence-corrected chi connectivity index (χ3v) is 2.89. The van der Waals surface area contributed by atoms with Gasteiger partial charge in [0.05, 0.1) is 23.6 Å². The van der Waals surface area contributed by atoms with Gasteiger partial charge < -0.3 is 10.6 Å². The molecule has 3 N–H and O–H groups in total. The average molecular weight is 290 g/mol. The first-order chi connectivity index (χ1) is 9.97. The van der Waals surface area contributed by atoms with Crippen molar-refractivity contribution in [1.82, 2.24) is 15.5 Å². The maximum atomic E-state index is 13.0. The maximum absolute atomic E-state index is 13.0. The zero-order chi connectivity index (χ0) is 15.4. The normalized spacial score (nSPS) is 10.2. The van der Waals surface area contributed by atoms with E-state index in [4.69, 9.17) is 0 Å². The van der Waals surface area contributed by atoms with Crippen LogP contribution in [-0.2, 0) is 4.79 Å². The number of aryl methyl sites for hydroxylation is 2. The van der Waals surface area contributed by atoms with Crippen molar-refractivity contribution < 1.29 is 14.0 Å². The highest BCUT2D eigenvalue weighted by Crippen LogP contribution is 2.15. The van der Waals surface area contributed by atoms with E-state index in [1.165, 1.54) is 18.2 Å². The number of benzene rings is 1. The molecule has 2 aromatic rings. The lowest BCUT2D eigenvalue weighted by molar-refractivity contribution is -0.115. The molecule has 0 spiro atoms.